The first kappa shape index (κ1) is 22.0. The Labute approximate surface area is 184 Å². The van der Waals surface area contributed by atoms with Crippen LogP contribution in [-0.4, -0.2) is 44.8 Å². The van der Waals surface area contributed by atoms with Crippen molar-refractivity contribution in [1.82, 2.24) is 19.7 Å². The average Bonchev–Trinajstić information content (AvgIpc) is 3.50. The Hall–Kier alpha value is -3.23. The number of halogens is 2. The first-order chi connectivity index (χ1) is 15.4. The highest BCUT2D eigenvalue weighted by Gasteiger charge is 2.33. The van der Waals surface area contributed by atoms with E-state index in [2.05, 4.69) is 14.8 Å². The van der Waals surface area contributed by atoms with Gasteiger partial charge >= 0.3 is 6.61 Å². The van der Waals surface area contributed by atoms with Crippen LogP contribution >= 0.6 is 0 Å². The molecule has 2 heterocycles. The average molecular weight is 444 g/mol. The first-order valence-corrected chi connectivity index (χ1v) is 10.7. The molecule has 1 aliphatic carbocycles. The van der Waals surface area contributed by atoms with Crippen LogP contribution in [-0.2, 0) is 6.54 Å². The number of hydrogen-bond donors (Lipinski definition) is 0. The van der Waals surface area contributed by atoms with Gasteiger partial charge in [0.2, 0.25) is 0 Å². The molecule has 9 heteroatoms. The molecule has 0 unspecified atom stereocenters. The van der Waals surface area contributed by atoms with Crippen LogP contribution in [0.4, 0.5) is 8.78 Å². The Balaban J connectivity index is 1.58. The van der Waals surface area contributed by atoms with Crippen LogP contribution in [0.5, 0.6) is 11.5 Å². The molecule has 32 heavy (non-hydrogen) atoms. The summed E-state index contributed by atoms with van der Waals surface area (Å²) in [5.41, 5.74) is 2.01. The predicted octanol–water partition coefficient (Wildman–Crippen LogP) is 4.82. The maximum atomic E-state index is 13.3. The number of pyridine rings is 1. The normalized spacial score (nSPS) is 13.7. The molecule has 0 N–H and O–H groups in total. The second-order valence-corrected chi connectivity index (χ2v) is 8.08. The van der Waals surface area contributed by atoms with Gasteiger partial charge in [0.25, 0.3) is 5.91 Å². The fraction of sp³-hybridized carbons (Fsp3) is 0.435. The van der Waals surface area contributed by atoms with Crippen molar-refractivity contribution in [1.29, 1.82) is 0 Å². The van der Waals surface area contributed by atoms with Crippen LogP contribution in [0.25, 0.3) is 11.0 Å². The quantitative estimate of drug-likeness (QED) is 0.473. The number of benzene rings is 1. The second kappa shape index (κ2) is 9.10. The van der Waals surface area contributed by atoms with Gasteiger partial charge in [-0.15, -0.1) is 0 Å². The van der Waals surface area contributed by atoms with Crippen LogP contribution in [0.2, 0.25) is 0 Å². The SMILES string of the molecule is CCOc1cc(CN(C(=O)c2cnc3c(cnn3C(C)C)c2)C2CC2)ccc1OC(F)F. The van der Waals surface area contributed by atoms with Crippen LogP contribution in [0.15, 0.2) is 36.7 Å². The fourth-order valence-electron chi connectivity index (χ4n) is 3.66. The van der Waals surface area contributed by atoms with Gasteiger partial charge in [-0.3, -0.25) is 4.79 Å². The van der Waals surface area contributed by atoms with E-state index in [1.165, 1.54) is 6.07 Å². The Kier molecular flexibility index (Phi) is 6.25. The summed E-state index contributed by atoms with van der Waals surface area (Å²) in [6.45, 7) is 3.52. The van der Waals surface area contributed by atoms with E-state index in [4.69, 9.17) is 4.74 Å². The van der Waals surface area contributed by atoms with E-state index < -0.39 is 6.61 Å². The maximum absolute atomic E-state index is 13.3. The van der Waals surface area contributed by atoms with Crippen molar-refractivity contribution in [2.24, 2.45) is 0 Å². The number of carbonyl (C=O) groups excluding carboxylic acids is 1. The summed E-state index contributed by atoms with van der Waals surface area (Å²) in [4.78, 5) is 19.6. The molecule has 0 atom stereocenters. The predicted molar refractivity (Wildman–Crippen MR) is 115 cm³/mol. The van der Waals surface area contributed by atoms with Crippen LogP contribution in [0.3, 0.4) is 0 Å². The molecular weight excluding hydrogens is 418 g/mol. The van der Waals surface area contributed by atoms with Gasteiger partial charge in [-0.2, -0.15) is 13.9 Å². The minimum Gasteiger partial charge on any atom is -0.490 e. The molecule has 0 radical (unpaired) electrons. The third-order valence-electron chi connectivity index (χ3n) is 5.29. The third kappa shape index (κ3) is 4.66. The molecule has 0 spiro atoms. The van der Waals surface area contributed by atoms with Crippen LogP contribution in [0, 0.1) is 0 Å². The molecule has 1 amide bonds. The Bertz CT molecular complexity index is 1110. The zero-order valence-corrected chi connectivity index (χ0v) is 18.3. The fourth-order valence-corrected chi connectivity index (χ4v) is 3.66. The summed E-state index contributed by atoms with van der Waals surface area (Å²) in [6, 6.07) is 6.91. The van der Waals surface area contributed by atoms with Crippen molar-refractivity contribution in [2.75, 3.05) is 6.61 Å². The molecular formula is C23H26F2N4O3. The van der Waals surface area contributed by atoms with Crippen molar-refractivity contribution in [2.45, 2.75) is 58.9 Å². The van der Waals surface area contributed by atoms with Crippen LogP contribution < -0.4 is 9.47 Å². The molecule has 1 fully saturated rings. The number of amides is 1. The number of rotatable bonds is 9. The smallest absolute Gasteiger partial charge is 0.387 e. The molecule has 1 aromatic carbocycles. The largest absolute Gasteiger partial charge is 0.490 e. The number of nitrogens with zero attached hydrogens (tertiary/aromatic N) is 4. The minimum atomic E-state index is -2.94. The van der Waals surface area contributed by atoms with E-state index in [9.17, 15) is 13.6 Å². The summed E-state index contributed by atoms with van der Waals surface area (Å²) in [5, 5.41) is 5.17. The van der Waals surface area contributed by atoms with Gasteiger partial charge in [0.15, 0.2) is 17.1 Å². The topological polar surface area (TPSA) is 69.5 Å². The van der Waals surface area contributed by atoms with E-state index in [-0.39, 0.29) is 29.5 Å². The number of aromatic nitrogens is 3. The molecule has 170 valence electrons. The summed E-state index contributed by atoms with van der Waals surface area (Å²) in [5.74, 6) is 0.0921. The van der Waals surface area contributed by atoms with Gasteiger partial charge in [0, 0.05) is 30.2 Å². The Morgan fingerprint density at radius 2 is 2.00 bits per heavy atom. The lowest BCUT2D eigenvalue weighted by atomic mass is 10.1. The molecule has 7 nitrogen and oxygen atoms in total. The van der Waals surface area contributed by atoms with Crippen molar-refractivity contribution in [3.05, 3.63) is 47.8 Å². The lowest BCUT2D eigenvalue weighted by molar-refractivity contribution is -0.0514. The lowest BCUT2D eigenvalue weighted by Crippen LogP contribution is -2.32. The highest BCUT2D eigenvalue weighted by molar-refractivity contribution is 5.97. The Morgan fingerprint density at radius 1 is 1.22 bits per heavy atom. The first-order valence-electron chi connectivity index (χ1n) is 10.7. The van der Waals surface area contributed by atoms with Crippen molar-refractivity contribution < 1.29 is 23.0 Å². The van der Waals surface area contributed by atoms with Gasteiger partial charge in [-0.1, -0.05) is 6.07 Å². The number of carbonyl (C=O) groups is 1. The van der Waals surface area contributed by atoms with E-state index in [0.717, 1.165) is 29.4 Å². The molecule has 0 saturated heterocycles. The summed E-state index contributed by atoms with van der Waals surface area (Å²) in [6.07, 6.45) is 5.16. The molecule has 1 saturated carbocycles. The molecule has 0 bridgehead atoms. The van der Waals surface area contributed by atoms with Crippen LogP contribution in [0.1, 0.15) is 55.6 Å². The summed E-state index contributed by atoms with van der Waals surface area (Å²) < 4.78 is 37.2. The monoisotopic (exact) mass is 444 g/mol. The van der Waals surface area contributed by atoms with E-state index >= 15 is 0 Å². The number of ether oxygens (including phenoxy) is 2. The highest BCUT2D eigenvalue weighted by Crippen LogP contribution is 2.34. The molecule has 3 aromatic rings. The van der Waals surface area contributed by atoms with Crippen molar-refractivity contribution in [3.63, 3.8) is 0 Å². The van der Waals surface area contributed by atoms with Gasteiger partial charge in [-0.05, 0) is 57.4 Å². The molecule has 1 aliphatic rings. The van der Waals surface area contributed by atoms with Crippen molar-refractivity contribution >= 4 is 16.9 Å². The second-order valence-electron chi connectivity index (χ2n) is 8.08. The lowest BCUT2D eigenvalue weighted by Gasteiger charge is -2.23. The third-order valence-corrected chi connectivity index (χ3v) is 5.29. The van der Waals surface area contributed by atoms with E-state index in [0.29, 0.717) is 18.7 Å². The minimum absolute atomic E-state index is 0.0216. The zero-order chi connectivity index (χ0) is 22.8. The number of fused-ring (bicyclic) bond motifs is 1. The standard InChI is InChI=1S/C23H26F2N4O3/c1-4-31-20-9-15(5-8-19(20)32-23(24)25)13-28(18-6-7-18)22(30)17-10-16-12-27-29(14(2)3)21(16)26-11-17/h5,8-12,14,18,23H,4,6-7,13H2,1-3H3. The van der Waals surface area contributed by atoms with E-state index in [1.54, 1.807) is 36.4 Å². The van der Waals surface area contributed by atoms with E-state index in [1.807, 2.05) is 24.6 Å². The summed E-state index contributed by atoms with van der Waals surface area (Å²) in [7, 11) is 0. The number of hydrogen-bond acceptors (Lipinski definition) is 5. The van der Waals surface area contributed by atoms with Gasteiger partial charge in [0.1, 0.15) is 0 Å². The van der Waals surface area contributed by atoms with Gasteiger partial charge in [-0.25, -0.2) is 9.67 Å². The van der Waals surface area contributed by atoms with Gasteiger partial charge < -0.3 is 14.4 Å². The zero-order valence-electron chi connectivity index (χ0n) is 18.3. The van der Waals surface area contributed by atoms with Crippen molar-refractivity contribution in [3.8, 4) is 11.5 Å². The van der Waals surface area contributed by atoms with Gasteiger partial charge in [0.05, 0.1) is 18.4 Å². The maximum Gasteiger partial charge on any atom is 0.387 e. The molecule has 2 aromatic heterocycles. The molecule has 4 rings (SSSR count). The molecule has 0 aliphatic heterocycles. The number of alkyl halides is 2. The Morgan fingerprint density at radius 3 is 2.66 bits per heavy atom. The highest BCUT2D eigenvalue weighted by atomic mass is 19.3. The summed E-state index contributed by atoms with van der Waals surface area (Å²) >= 11 is 0.